The molecule has 21 heavy (non-hydrogen) atoms. The molecule has 1 atom stereocenters. The molecule has 2 N–H and O–H groups in total. The van der Waals surface area contributed by atoms with E-state index in [-0.39, 0.29) is 6.04 Å². The maximum atomic E-state index is 6.34. The summed E-state index contributed by atoms with van der Waals surface area (Å²) in [5, 5.41) is 0. The first-order valence-electron chi connectivity index (χ1n) is 6.61. The lowest BCUT2D eigenvalue weighted by Gasteiger charge is -2.15. The first kappa shape index (κ1) is 14.8. The van der Waals surface area contributed by atoms with Crippen LogP contribution in [0.3, 0.4) is 0 Å². The molecule has 0 amide bonds. The minimum atomic E-state index is -0.329. The van der Waals surface area contributed by atoms with Crippen LogP contribution in [0.1, 0.15) is 23.7 Å². The summed E-state index contributed by atoms with van der Waals surface area (Å²) in [6.45, 7) is 1.34. The van der Waals surface area contributed by atoms with Gasteiger partial charge in [-0.25, -0.2) is 0 Å². The van der Waals surface area contributed by atoms with Crippen LogP contribution in [0, 0.1) is 0 Å². The van der Waals surface area contributed by atoms with Gasteiger partial charge in [-0.3, -0.25) is 4.98 Å². The van der Waals surface area contributed by atoms with Crippen LogP contribution in [0.5, 0.6) is 11.5 Å². The van der Waals surface area contributed by atoms with Crippen LogP contribution in [-0.4, -0.2) is 18.2 Å². The molecule has 3 rings (SSSR count). The van der Waals surface area contributed by atoms with Gasteiger partial charge >= 0.3 is 0 Å². The quantitative estimate of drug-likeness (QED) is 0.812. The first-order chi connectivity index (χ1) is 10.1. The third-order valence-electron chi connectivity index (χ3n) is 3.26. The Labute approximate surface area is 139 Å². The van der Waals surface area contributed by atoms with Gasteiger partial charge in [-0.2, -0.15) is 0 Å². The average Bonchev–Trinajstić information content (AvgIpc) is 2.71. The molecule has 1 aromatic carbocycles. The molecule has 1 aromatic heterocycles. The lowest BCUT2D eigenvalue weighted by atomic mass is 10.0. The lowest BCUT2D eigenvalue weighted by molar-refractivity contribution is 0.297. The average molecular weight is 414 g/mol. The van der Waals surface area contributed by atoms with E-state index in [0.717, 1.165) is 38.1 Å². The molecule has 1 unspecified atom stereocenters. The predicted molar refractivity (Wildman–Crippen MR) is 87.7 cm³/mol. The maximum absolute atomic E-state index is 6.34. The summed E-state index contributed by atoms with van der Waals surface area (Å²) in [5.74, 6) is 1.51. The third-order valence-corrected chi connectivity index (χ3v) is 4.33. The Hall–Kier alpha value is -1.11. The summed E-state index contributed by atoms with van der Waals surface area (Å²) in [6, 6.07) is 7.40. The normalized spacial score (nSPS) is 15.4. The number of rotatable bonds is 2. The number of fused-ring (bicyclic) bond motifs is 1. The van der Waals surface area contributed by atoms with Crippen LogP contribution in [0.4, 0.5) is 0 Å². The van der Waals surface area contributed by atoms with Gasteiger partial charge in [-0.05, 0) is 55.6 Å². The van der Waals surface area contributed by atoms with Crippen LogP contribution < -0.4 is 15.2 Å². The van der Waals surface area contributed by atoms with Crippen molar-refractivity contribution in [2.45, 2.75) is 12.5 Å². The fraction of sp³-hybridized carbons (Fsp3) is 0.267. The minimum Gasteiger partial charge on any atom is -0.490 e. The van der Waals surface area contributed by atoms with E-state index in [0.29, 0.717) is 13.2 Å². The summed E-state index contributed by atoms with van der Waals surface area (Å²) < 4.78 is 13.1. The molecule has 1 aliphatic rings. The number of pyridine rings is 1. The van der Waals surface area contributed by atoms with Crippen molar-refractivity contribution >= 4 is 31.9 Å². The molecular formula is C15H14Br2N2O2. The molecule has 0 saturated carbocycles. The molecule has 0 aliphatic carbocycles. The zero-order valence-corrected chi connectivity index (χ0v) is 14.4. The number of nitrogens with two attached hydrogens (primary N) is 1. The smallest absolute Gasteiger partial charge is 0.161 e. The number of hydrogen-bond donors (Lipinski definition) is 1. The van der Waals surface area contributed by atoms with E-state index in [1.807, 2.05) is 24.3 Å². The number of hydrogen-bond acceptors (Lipinski definition) is 4. The van der Waals surface area contributed by atoms with Crippen molar-refractivity contribution in [2.24, 2.45) is 5.73 Å². The maximum Gasteiger partial charge on any atom is 0.161 e. The zero-order valence-electron chi connectivity index (χ0n) is 11.2. The van der Waals surface area contributed by atoms with Gasteiger partial charge in [-0.15, -0.1) is 0 Å². The van der Waals surface area contributed by atoms with Crippen LogP contribution in [0.25, 0.3) is 0 Å². The molecule has 2 aromatic rings. The van der Waals surface area contributed by atoms with E-state index in [1.54, 1.807) is 6.20 Å². The summed E-state index contributed by atoms with van der Waals surface area (Å²) in [4.78, 5) is 4.39. The minimum absolute atomic E-state index is 0.329. The van der Waals surface area contributed by atoms with Crippen molar-refractivity contribution in [3.05, 3.63) is 50.7 Å². The summed E-state index contributed by atoms with van der Waals surface area (Å²) in [6.07, 6.45) is 2.62. The van der Waals surface area contributed by atoms with Gasteiger partial charge in [0.2, 0.25) is 0 Å². The summed E-state index contributed by atoms with van der Waals surface area (Å²) >= 11 is 6.89. The molecule has 0 radical (unpaired) electrons. The monoisotopic (exact) mass is 412 g/mol. The molecule has 4 nitrogen and oxygen atoms in total. The van der Waals surface area contributed by atoms with E-state index in [1.165, 1.54) is 0 Å². The van der Waals surface area contributed by atoms with Gasteiger partial charge in [0.1, 0.15) is 0 Å². The fourth-order valence-corrected chi connectivity index (χ4v) is 3.42. The van der Waals surface area contributed by atoms with Gasteiger partial charge in [0, 0.05) is 21.6 Å². The Bertz CT molecular complexity index is 664. The molecule has 0 fully saturated rings. The Morgan fingerprint density at radius 3 is 2.62 bits per heavy atom. The molecular weight excluding hydrogens is 400 g/mol. The number of benzene rings is 1. The summed E-state index contributed by atoms with van der Waals surface area (Å²) in [5.41, 5.74) is 8.06. The molecule has 0 saturated heterocycles. The second-order valence-electron chi connectivity index (χ2n) is 4.75. The highest BCUT2D eigenvalue weighted by molar-refractivity contribution is 9.11. The van der Waals surface area contributed by atoms with Gasteiger partial charge in [-0.1, -0.05) is 6.07 Å². The second kappa shape index (κ2) is 6.34. The fourth-order valence-electron chi connectivity index (χ4n) is 2.19. The van der Waals surface area contributed by atoms with Gasteiger partial charge in [0.15, 0.2) is 11.5 Å². The van der Waals surface area contributed by atoms with E-state index < -0.39 is 0 Å². The molecule has 1 aliphatic heterocycles. The SMILES string of the molecule is NC(c1ccc2c(c1)OCCCO2)c1ncc(Br)cc1Br. The van der Waals surface area contributed by atoms with Crippen LogP contribution in [0.15, 0.2) is 39.4 Å². The van der Waals surface area contributed by atoms with Crippen LogP contribution in [-0.2, 0) is 0 Å². The van der Waals surface area contributed by atoms with Gasteiger partial charge < -0.3 is 15.2 Å². The van der Waals surface area contributed by atoms with Crippen molar-refractivity contribution in [2.75, 3.05) is 13.2 Å². The van der Waals surface area contributed by atoms with Crippen LogP contribution >= 0.6 is 31.9 Å². The van der Waals surface area contributed by atoms with Crippen molar-refractivity contribution in [1.29, 1.82) is 0 Å². The molecule has 6 heteroatoms. The molecule has 0 spiro atoms. The number of nitrogens with zero attached hydrogens (tertiary/aromatic N) is 1. The van der Waals surface area contributed by atoms with E-state index >= 15 is 0 Å². The first-order valence-corrected chi connectivity index (χ1v) is 8.20. The standard InChI is InChI=1S/C15H14Br2N2O2/c16-10-7-11(17)15(19-8-10)14(18)9-2-3-12-13(6-9)21-5-1-4-20-12/h2-3,6-8,14H,1,4-5,18H2. The Balaban J connectivity index is 1.94. The van der Waals surface area contributed by atoms with Gasteiger partial charge in [0.25, 0.3) is 0 Å². The highest BCUT2D eigenvalue weighted by Crippen LogP contribution is 2.34. The van der Waals surface area contributed by atoms with Crippen molar-refractivity contribution in [3.63, 3.8) is 0 Å². The van der Waals surface area contributed by atoms with Crippen molar-refractivity contribution < 1.29 is 9.47 Å². The van der Waals surface area contributed by atoms with E-state index in [4.69, 9.17) is 15.2 Å². The molecule has 2 heterocycles. The number of halogens is 2. The molecule has 0 bridgehead atoms. The largest absolute Gasteiger partial charge is 0.490 e. The van der Waals surface area contributed by atoms with Gasteiger partial charge in [0.05, 0.1) is 24.9 Å². The van der Waals surface area contributed by atoms with Crippen LogP contribution in [0.2, 0.25) is 0 Å². The third kappa shape index (κ3) is 3.22. The lowest BCUT2D eigenvalue weighted by Crippen LogP contribution is -2.14. The van der Waals surface area contributed by atoms with Crippen molar-refractivity contribution in [1.82, 2.24) is 4.98 Å². The Morgan fingerprint density at radius 1 is 1.10 bits per heavy atom. The highest BCUT2D eigenvalue weighted by Gasteiger charge is 2.18. The van der Waals surface area contributed by atoms with Crippen molar-refractivity contribution in [3.8, 4) is 11.5 Å². The number of ether oxygens (including phenoxy) is 2. The van der Waals surface area contributed by atoms with E-state index in [9.17, 15) is 0 Å². The Kier molecular flexibility index (Phi) is 4.47. The number of aromatic nitrogens is 1. The predicted octanol–water partition coefficient (Wildman–Crippen LogP) is 3.82. The summed E-state index contributed by atoms with van der Waals surface area (Å²) in [7, 11) is 0. The zero-order chi connectivity index (χ0) is 14.8. The molecule has 110 valence electrons. The highest BCUT2D eigenvalue weighted by atomic mass is 79.9. The van der Waals surface area contributed by atoms with E-state index in [2.05, 4.69) is 36.8 Å². The Morgan fingerprint density at radius 2 is 1.86 bits per heavy atom. The second-order valence-corrected chi connectivity index (χ2v) is 6.52. The topological polar surface area (TPSA) is 57.4 Å².